The van der Waals surface area contributed by atoms with Gasteiger partial charge in [-0.05, 0) is 25.7 Å². The molecule has 1 aliphatic heterocycles. The molecule has 1 fully saturated rings. The Kier molecular flexibility index (Phi) is 11.0. The van der Waals surface area contributed by atoms with Crippen LogP contribution in [0.2, 0.25) is 0 Å². The van der Waals surface area contributed by atoms with Crippen molar-refractivity contribution in [2.45, 2.75) is 83.5 Å². The molecule has 1 atom stereocenters. The molecule has 1 aliphatic rings. The molecule has 0 radical (unpaired) electrons. The van der Waals surface area contributed by atoms with Crippen LogP contribution >= 0.6 is 7.82 Å². The number of Topliss-reactive ketones (excluding diaryl/α,β-unsaturated/α-hetero) is 1. The largest absolute Gasteiger partial charge is 0.472 e. The predicted molar refractivity (Wildman–Crippen MR) is 86.8 cm³/mol. The molecule has 1 saturated heterocycles. The van der Waals surface area contributed by atoms with Crippen LogP contribution in [0.15, 0.2) is 0 Å². The van der Waals surface area contributed by atoms with Crippen LogP contribution < -0.4 is 0 Å². The number of carbonyl (C=O) groups is 1. The molecular weight excluding hydrogens is 303 g/mol. The van der Waals surface area contributed by atoms with Crippen molar-refractivity contribution in [3.63, 3.8) is 0 Å². The number of phosphoric acid groups is 1. The van der Waals surface area contributed by atoms with Crippen LogP contribution in [0.1, 0.15) is 83.5 Å². The fourth-order valence-corrected chi connectivity index (χ4v) is 3.40. The number of hydrogen-bond donors (Lipinski definition) is 1. The van der Waals surface area contributed by atoms with Crippen LogP contribution in [0.3, 0.4) is 0 Å². The van der Waals surface area contributed by atoms with Crippen LogP contribution in [0.4, 0.5) is 0 Å². The van der Waals surface area contributed by atoms with Gasteiger partial charge in [0.25, 0.3) is 0 Å². The van der Waals surface area contributed by atoms with Gasteiger partial charge in [-0.3, -0.25) is 13.8 Å². The Bertz CT molecular complexity index is 345. The molecule has 1 unspecified atom stereocenters. The summed E-state index contributed by atoms with van der Waals surface area (Å²) in [5.74, 6) is 0.377. The minimum atomic E-state index is -3.87. The maximum Gasteiger partial charge on any atom is 0.472 e. The molecular formula is C16H31O5P. The van der Waals surface area contributed by atoms with E-state index in [9.17, 15) is 14.3 Å². The smallest absolute Gasteiger partial charge is 0.302 e. The highest BCUT2D eigenvalue weighted by Gasteiger charge is 2.19. The van der Waals surface area contributed by atoms with Gasteiger partial charge in [-0.2, -0.15) is 0 Å². The van der Waals surface area contributed by atoms with Gasteiger partial charge >= 0.3 is 7.82 Å². The Balaban J connectivity index is 2.27. The van der Waals surface area contributed by atoms with E-state index in [4.69, 9.17) is 9.05 Å². The lowest BCUT2D eigenvalue weighted by molar-refractivity contribution is -0.119. The summed E-state index contributed by atoms with van der Waals surface area (Å²) >= 11 is 0. The molecule has 0 amide bonds. The van der Waals surface area contributed by atoms with E-state index in [-0.39, 0.29) is 13.2 Å². The first-order chi connectivity index (χ1) is 10.6. The third-order valence-corrected chi connectivity index (χ3v) is 4.98. The van der Waals surface area contributed by atoms with Crippen molar-refractivity contribution in [3.8, 4) is 0 Å². The van der Waals surface area contributed by atoms with Gasteiger partial charge in [-0.25, -0.2) is 4.57 Å². The lowest BCUT2D eigenvalue weighted by atomic mass is 10.0. The number of carbonyl (C=O) groups excluding carboxylic acids is 1. The molecule has 0 aromatic carbocycles. The molecule has 0 aromatic rings. The highest BCUT2D eigenvalue weighted by molar-refractivity contribution is 7.47. The Morgan fingerprint density at radius 1 is 0.682 bits per heavy atom. The Morgan fingerprint density at radius 3 is 1.50 bits per heavy atom. The fraction of sp³-hybridized carbons (Fsp3) is 0.938. The van der Waals surface area contributed by atoms with Crippen molar-refractivity contribution >= 4 is 13.6 Å². The highest BCUT2D eigenvalue weighted by Crippen LogP contribution is 2.43. The van der Waals surface area contributed by atoms with Crippen molar-refractivity contribution in [2.24, 2.45) is 0 Å². The van der Waals surface area contributed by atoms with Gasteiger partial charge in [0.05, 0.1) is 13.2 Å². The summed E-state index contributed by atoms with van der Waals surface area (Å²) < 4.78 is 21.5. The molecule has 0 bridgehead atoms. The maximum atomic E-state index is 11.7. The Hall–Kier alpha value is -0.220. The van der Waals surface area contributed by atoms with Crippen molar-refractivity contribution in [1.82, 2.24) is 0 Å². The van der Waals surface area contributed by atoms with Gasteiger partial charge in [0.2, 0.25) is 0 Å². The van der Waals surface area contributed by atoms with E-state index in [1.165, 1.54) is 0 Å². The van der Waals surface area contributed by atoms with Crippen LogP contribution in [0, 0.1) is 0 Å². The second-order valence-corrected chi connectivity index (χ2v) is 7.52. The molecule has 6 heteroatoms. The summed E-state index contributed by atoms with van der Waals surface area (Å²) in [5, 5.41) is 0. The quantitative estimate of drug-likeness (QED) is 0.646. The number of rotatable bonds is 0. The first-order valence-corrected chi connectivity index (χ1v) is 10.2. The zero-order valence-electron chi connectivity index (χ0n) is 13.6. The molecule has 0 aromatic heterocycles. The molecule has 1 rings (SSSR count). The van der Waals surface area contributed by atoms with Gasteiger partial charge < -0.3 is 4.89 Å². The third-order valence-electron chi connectivity index (χ3n) is 3.96. The van der Waals surface area contributed by atoms with Crippen LogP contribution in [-0.4, -0.2) is 23.9 Å². The molecule has 130 valence electrons. The molecule has 1 heterocycles. The van der Waals surface area contributed by atoms with E-state index in [1.54, 1.807) is 0 Å². The summed E-state index contributed by atoms with van der Waals surface area (Å²) in [6.07, 6.45) is 12.3. The van der Waals surface area contributed by atoms with Gasteiger partial charge in [0, 0.05) is 12.8 Å². The minimum Gasteiger partial charge on any atom is -0.302 e. The summed E-state index contributed by atoms with van der Waals surface area (Å²) in [4.78, 5) is 21.2. The standard InChI is InChI=1S/C16H31O5P/c17-16-12-8-4-2-1-3-6-10-14-20-22(18,19)21-15-11-7-5-9-13-16/h1-15H2,(H,18,19). The van der Waals surface area contributed by atoms with Gasteiger partial charge in [-0.1, -0.05) is 44.9 Å². The second-order valence-electron chi connectivity index (χ2n) is 6.06. The Morgan fingerprint density at radius 2 is 1.05 bits per heavy atom. The summed E-state index contributed by atoms with van der Waals surface area (Å²) in [5.41, 5.74) is 0. The lowest BCUT2D eigenvalue weighted by Gasteiger charge is -2.12. The van der Waals surface area contributed by atoms with E-state index in [0.29, 0.717) is 12.2 Å². The predicted octanol–water partition coefficient (Wildman–Crippen LogP) is 4.77. The zero-order valence-corrected chi connectivity index (χ0v) is 14.5. The average molecular weight is 334 g/mol. The monoisotopic (exact) mass is 334 g/mol. The molecule has 0 saturated carbocycles. The number of ketones is 1. The van der Waals surface area contributed by atoms with Gasteiger partial charge in [0.1, 0.15) is 5.78 Å². The average Bonchev–Trinajstić information content (AvgIpc) is 2.47. The van der Waals surface area contributed by atoms with Crippen molar-refractivity contribution in [1.29, 1.82) is 0 Å². The van der Waals surface area contributed by atoms with Crippen LogP contribution in [0.25, 0.3) is 0 Å². The van der Waals surface area contributed by atoms with Crippen molar-refractivity contribution in [3.05, 3.63) is 0 Å². The first-order valence-electron chi connectivity index (χ1n) is 8.74. The number of phosphoric ester groups is 1. The maximum absolute atomic E-state index is 11.7. The molecule has 22 heavy (non-hydrogen) atoms. The summed E-state index contributed by atoms with van der Waals surface area (Å²) in [6.45, 7) is 0.518. The van der Waals surface area contributed by atoms with Crippen molar-refractivity contribution < 1.29 is 23.3 Å². The molecule has 0 aliphatic carbocycles. The fourth-order valence-electron chi connectivity index (χ4n) is 2.61. The van der Waals surface area contributed by atoms with E-state index in [2.05, 4.69) is 0 Å². The Labute approximate surface area is 134 Å². The first kappa shape index (κ1) is 19.8. The number of hydrogen-bond acceptors (Lipinski definition) is 4. The van der Waals surface area contributed by atoms with Gasteiger partial charge in [-0.15, -0.1) is 0 Å². The van der Waals surface area contributed by atoms with E-state index < -0.39 is 7.82 Å². The lowest BCUT2D eigenvalue weighted by Crippen LogP contribution is -1.99. The van der Waals surface area contributed by atoms with E-state index in [0.717, 1.165) is 77.0 Å². The van der Waals surface area contributed by atoms with Gasteiger partial charge in [0.15, 0.2) is 0 Å². The topological polar surface area (TPSA) is 72.8 Å². The third kappa shape index (κ3) is 11.4. The van der Waals surface area contributed by atoms with Crippen LogP contribution in [-0.2, 0) is 18.4 Å². The highest BCUT2D eigenvalue weighted by atomic mass is 31.2. The van der Waals surface area contributed by atoms with E-state index in [1.807, 2.05) is 0 Å². The molecule has 0 spiro atoms. The molecule has 5 nitrogen and oxygen atoms in total. The summed E-state index contributed by atoms with van der Waals surface area (Å²) in [7, 11) is -3.87. The normalized spacial score (nSPS) is 29.2. The second kappa shape index (κ2) is 12.2. The van der Waals surface area contributed by atoms with Crippen molar-refractivity contribution in [2.75, 3.05) is 13.2 Å². The van der Waals surface area contributed by atoms with E-state index >= 15 is 0 Å². The SMILES string of the molecule is O=C1CCCCCCCCCOP(=O)(O)OCCCCCC1. The molecule has 1 N–H and O–H groups in total. The zero-order chi connectivity index (χ0) is 16.1. The minimum absolute atomic E-state index is 0.238. The summed E-state index contributed by atoms with van der Waals surface area (Å²) in [6, 6.07) is 0. The van der Waals surface area contributed by atoms with Crippen LogP contribution in [0.5, 0.6) is 0 Å².